The first kappa shape index (κ1) is 21.2. The molecule has 2 aliphatic heterocycles. The molecule has 31 heavy (non-hydrogen) atoms. The third kappa shape index (κ3) is 5.16. The summed E-state index contributed by atoms with van der Waals surface area (Å²) in [5.41, 5.74) is 1.90. The SMILES string of the molecule is Cc1cc(N2CCN(C(=O)C=Cc3ccc4c(c3)OCCCO4)CC2)nc(C(C)C)n1. The van der Waals surface area contributed by atoms with Crippen LogP contribution in [0.2, 0.25) is 0 Å². The molecule has 1 aromatic heterocycles. The first-order valence-corrected chi connectivity index (χ1v) is 11.0. The van der Waals surface area contributed by atoms with Gasteiger partial charge in [0.25, 0.3) is 0 Å². The van der Waals surface area contributed by atoms with Crippen molar-refractivity contribution in [2.45, 2.75) is 33.1 Å². The molecule has 0 radical (unpaired) electrons. The zero-order valence-corrected chi connectivity index (χ0v) is 18.5. The number of carbonyl (C=O) groups excluding carboxylic acids is 1. The number of benzene rings is 1. The van der Waals surface area contributed by atoms with Gasteiger partial charge >= 0.3 is 0 Å². The summed E-state index contributed by atoms with van der Waals surface area (Å²) in [6.45, 7) is 10.4. The third-order valence-electron chi connectivity index (χ3n) is 5.48. The van der Waals surface area contributed by atoms with Gasteiger partial charge in [0.15, 0.2) is 11.5 Å². The lowest BCUT2D eigenvalue weighted by molar-refractivity contribution is -0.126. The van der Waals surface area contributed by atoms with E-state index >= 15 is 0 Å². The van der Waals surface area contributed by atoms with Crippen LogP contribution in [-0.4, -0.2) is 60.2 Å². The average Bonchev–Trinajstić information content (AvgIpc) is 3.02. The summed E-state index contributed by atoms with van der Waals surface area (Å²) >= 11 is 0. The predicted molar refractivity (Wildman–Crippen MR) is 121 cm³/mol. The molecule has 0 unspecified atom stereocenters. The maximum atomic E-state index is 12.7. The molecular formula is C24H30N4O3. The molecule has 0 atom stereocenters. The lowest BCUT2D eigenvalue weighted by atomic mass is 10.2. The predicted octanol–water partition coefficient (Wildman–Crippen LogP) is 3.43. The molecule has 3 heterocycles. The Morgan fingerprint density at radius 2 is 1.77 bits per heavy atom. The van der Waals surface area contributed by atoms with Gasteiger partial charge in [0.1, 0.15) is 11.6 Å². The second-order valence-corrected chi connectivity index (χ2v) is 8.28. The number of rotatable bonds is 4. The van der Waals surface area contributed by atoms with Crippen molar-refractivity contribution in [2.24, 2.45) is 0 Å². The molecule has 0 spiro atoms. The summed E-state index contributed by atoms with van der Waals surface area (Å²) in [6.07, 6.45) is 4.35. The summed E-state index contributed by atoms with van der Waals surface area (Å²) in [5.74, 6) is 3.63. The molecule has 2 aliphatic rings. The highest BCUT2D eigenvalue weighted by atomic mass is 16.5. The molecule has 1 saturated heterocycles. The van der Waals surface area contributed by atoms with Crippen LogP contribution >= 0.6 is 0 Å². The van der Waals surface area contributed by atoms with Crippen LogP contribution in [0.15, 0.2) is 30.3 Å². The van der Waals surface area contributed by atoms with Crippen LogP contribution in [0, 0.1) is 6.92 Å². The highest BCUT2D eigenvalue weighted by Gasteiger charge is 2.21. The van der Waals surface area contributed by atoms with Crippen LogP contribution in [0.25, 0.3) is 6.08 Å². The van der Waals surface area contributed by atoms with Crippen molar-refractivity contribution in [2.75, 3.05) is 44.3 Å². The number of piperazine rings is 1. The maximum Gasteiger partial charge on any atom is 0.246 e. The minimum atomic E-state index is 0.0218. The number of aryl methyl sites for hydroxylation is 1. The molecule has 7 nitrogen and oxygen atoms in total. The average molecular weight is 423 g/mol. The highest BCUT2D eigenvalue weighted by molar-refractivity contribution is 5.92. The number of nitrogens with zero attached hydrogens (tertiary/aromatic N) is 4. The van der Waals surface area contributed by atoms with Crippen LogP contribution in [0.4, 0.5) is 5.82 Å². The van der Waals surface area contributed by atoms with Crippen molar-refractivity contribution in [1.82, 2.24) is 14.9 Å². The number of aromatic nitrogens is 2. The third-order valence-corrected chi connectivity index (χ3v) is 5.48. The molecule has 2 aromatic rings. The van der Waals surface area contributed by atoms with Crippen molar-refractivity contribution >= 4 is 17.8 Å². The monoisotopic (exact) mass is 422 g/mol. The Morgan fingerprint density at radius 3 is 2.52 bits per heavy atom. The number of hydrogen-bond acceptors (Lipinski definition) is 6. The van der Waals surface area contributed by atoms with E-state index in [4.69, 9.17) is 14.5 Å². The molecular weight excluding hydrogens is 392 g/mol. The normalized spacial score (nSPS) is 16.6. The van der Waals surface area contributed by atoms with Gasteiger partial charge in [-0.25, -0.2) is 9.97 Å². The fraction of sp³-hybridized carbons (Fsp3) is 0.458. The first-order valence-electron chi connectivity index (χ1n) is 11.0. The van der Waals surface area contributed by atoms with Crippen LogP contribution in [0.3, 0.4) is 0 Å². The van der Waals surface area contributed by atoms with E-state index in [-0.39, 0.29) is 11.8 Å². The van der Waals surface area contributed by atoms with Crippen LogP contribution in [0.5, 0.6) is 11.5 Å². The fourth-order valence-electron chi connectivity index (χ4n) is 3.71. The van der Waals surface area contributed by atoms with Gasteiger partial charge in [0.2, 0.25) is 5.91 Å². The largest absolute Gasteiger partial charge is 0.490 e. The van der Waals surface area contributed by atoms with Gasteiger partial charge < -0.3 is 19.3 Å². The molecule has 1 aromatic carbocycles. The quantitative estimate of drug-likeness (QED) is 0.704. The smallest absolute Gasteiger partial charge is 0.246 e. The Kier molecular flexibility index (Phi) is 6.39. The van der Waals surface area contributed by atoms with Gasteiger partial charge in [0, 0.05) is 56.4 Å². The number of anilines is 1. The lowest BCUT2D eigenvalue weighted by Gasteiger charge is -2.35. The maximum absolute atomic E-state index is 12.7. The Balaban J connectivity index is 1.36. The molecule has 7 heteroatoms. The van der Waals surface area contributed by atoms with Crippen molar-refractivity contribution < 1.29 is 14.3 Å². The van der Waals surface area contributed by atoms with Crippen LogP contribution in [0.1, 0.15) is 43.3 Å². The second-order valence-electron chi connectivity index (χ2n) is 8.28. The summed E-state index contributed by atoms with van der Waals surface area (Å²) in [7, 11) is 0. The second kappa shape index (κ2) is 9.37. The van der Waals surface area contributed by atoms with E-state index in [2.05, 4.69) is 23.7 Å². The summed E-state index contributed by atoms with van der Waals surface area (Å²) in [6, 6.07) is 7.79. The number of amides is 1. The standard InChI is InChI=1S/C24H30N4O3/c1-17(2)24-25-18(3)15-22(26-24)27-9-11-28(12-10-27)23(29)8-6-19-5-7-20-21(16-19)31-14-4-13-30-20/h5-8,15-17H,4,9-14H2,1-3H3. The highest BCUT2D eigenvalue weighted by Crippen LogP contribution is 2.30. The van der Waals surface area contributed by atoms with E-state index in [9.17, 15) is 4.79 Å². The van der Waals surface area contributed by atoms with E-state index in [0.29, 0.717) is 26.3 Å². The van der Waals surface area contributed by atoms with Gasteiger partial charge in [-0.3, -0.25) is 4.79 Å². The van der Waals surface area contributed by atoms with Crippen molar-refractivity contribution in [3.63, 3.8) is 0 Å². The van der Waals surface area contributed by atoms with E-state index < -0.39 is 0 Å². The minimum absolute atomic E-state index is 0.0218. The zero-order valence-electron chi connectivity index (χ0n) is 18.5. The molecule has 0 N–H and O–H groups in total. The van der Waals surface area contributed by atoms with Gasteiger partial charge in [0.05, 0.1) is 13.2 Å². The number of carbonyl (C=O) groups is 1. The van der Waals surface area contributed by atoms with Gasteiger partial charge in [-0.05, 0) is 30.7 Å². The van der Waals surface area contributed by atoms with Crippen molar-refractivity contribution in [1.29, 1.82) is 0 Å². The first-order chi connectivity index (χ1) is 15.0. The topological polar surface area (TPSA) is 67.8 Å². The molecule has 1 amide bonds. The van der Waals surface area contributed by atoms with Crippen molar-refractivity contribution in [3.8, 4) is 11.5 Å². The fourth-order valence-corrected chi connectivity index (χ4v) is 3.71. The van der Waals surface area contributed by atoms with E-state index in [1.165, 1.54) is 0 Å². The number of ether oxygens (including phenoxy) is 2. The summed E-state index contributed by atoms with van der Waals surface area (Å²) in [5, 5.41) is 0. The van der Waals surface area contributed by atoms with Crippen molar-refractivity contribution in [3.05, 3.63) is 47.4 Å². The van der Waals surface area contributed by atoms with E-state index in [1.807, 2.05) is 42.2 Å². The number of fused-ring (bicyclic) bond motifs is 1. The summed E-state index contributed by atoms with van der Waals surface area (Å²) < 4.78 is 11.4. The van der Waals surface area contributed by atoms with E-state index in [1.54, 1.807) is 6.08 Å². The molecule has 1 fully saturated rings. The Labute approximate surface area is 183 Å². The molecule has 0 saturated carbocycles. The Hall–Kier alpha value is -3.09. The molecule has 0 aliphatic carbocycles. The minimum Gasteiger partial charge on any atom is -0.490 e. The van der Waals surface area contributed by atoms with E-state index in [0.717, 1.165) is 53.9 Å². The number of hydrogen-bond donors (Lipinski definition) is 0. The molecule has 0 bridgehead atoms. The van der Waals surface area contributed by atoms with Crippen LogP contribution in [-0.2, 0) is 4.79 Å². The molecule has 4 rings (SSSR count). The lowest BCUT2D eigenvalue weighted by Crippen LogP contribution is -2.48. The van der Waals surface area contributed by atoms with Gasteiger partial charge in [-0.1, -0.05) is 19.9 Å². The van der Waals surface area contributed by atoms with Crippen LogP contribution < -0.4 is 14.4 Å². The zero-order chi connectivity index (χ0) is 21.8. The molecule has 164 valence electrons. The summed E-state index contributed by atoms with van der Waals surface area (Å²) in [4.78, 5) is 26.1. The Bertz CT molecular complexity index is 965. The van der Waals surface area contributed by atoms with Gasteiger partial charge in [-0.2, -0.15) is 0 Å². The Morgan fingerprint density at radius 1 is 1.03 bits per heavy atom. The van der Waals surface area contributed by atoms with Gasteiger partial charge in [-0.15, -0.1) is 0 Å².